The SMILES string of the molecule is C1=CC2SC3c4c(c5ccccc5n4-c4ccccc4)C=CC3C2C(c2ncc(C3=CCCCC3C3=CCCC=C3)cc2C2N=C(c3ccccc3)N=C(C3=CCCCC3)N2)=C1. The van der Waals surface area contributed by atoms with Crippen molar-refractivity contribution < 1.29 is 0 Å². The molecule has 6 unspecified atom stereocenters. The molecule has 3 aromatic carbocycles. The van der Waals surface area contributed by atoms with Crippen LogP contribution in [0.15, 0.2) is 173 Å². The Kier molecular flexibility index (Phi) is 9.77. The van der Waals surface area contributed by atoms with Crippen LogP contribution in [0.1, 0.15) is 103 Å². The Morgan fingerprint density at radius 1 is 0.758 bits per heavy atom. The van der Waals surface area contributed by atoms with Gasteiger partial charge in [0.1, 0.15) is 12.0 Å². The molecular formula is C56H51N5S. The number of amidine groups is 2. The monoisotopic (exact) mass is 825 g/mol. The zero-order valence-electron chi connectivity index (χ0n) is 35.0. The Bertz CT molecular complexity index is 2860. The third-order valence-corrected chi connectivity index (χ3v) is 15.7. The lowest BCUT2D eigenvalue weighted by Crippen LogP contribution is -2.35. The van der Waals surface area contributed by atoms with E-state index in [4.69, 9.17) is 15.0 Å². The molecule has 12 rings (SSSR count). The van der Waals surface area contributed by atoms with E-state index < -0.39 is 0 Å². The number of allylic oxidation sites excluding steroid dienone is 11. The number of benzene rings is 3. The molecule has 1 N–H and O–H groups in total. The molecule has 0 saturated carbocycles. The Morgan fingerprint density at radius 3 is 2.47 bits per heavy atom. The topological polar surface area (TPSA) is 54.6 Å². The van der Waals surface area contributed by atoms with E-state index in [2.05, 4.69) is 180 Å². The summed E-state index contributed by atoms with van der Waals surface area (Å²) in [4.78, 5) is 16.4. The maximum Gasteiger partial charge on any atom is 0.159 e. The summed E-state index contributed by atoms with van der Waals surface area (Å²) in [7, 11) is 0. The van der Waals surface area contributed by atoms with Crippen LogP contribution in [0.25, 0.3) is 33.8 Å². The highest BCUT2D eigenvalue weighted by molar-refractivity contribution is 8.00. The van der Waals surface area contributed by atoms with Crippen molar-refractivity contribution >= 4 is 51.6 Å². The lowest BCUT2D eigenvalue weighted by Gasteiger charge is -2.32. The summed E-state index contributed by atoms with van der Waals surface area (Å²) in [5.74, 6) is 2.64. The predicted octanol–water partition coefficient (Wildman–Crippen LogP) is 13.5. The highest BCUT2D eigenvalue weighted by atomic mass is 32.2. The molecule has 2 aromatic heterocycles. The average molecular weight is 826 g/mol. The molecule has 5 aliphatic carbocycles. The molecule has 62 heavy (non-hydrogen) atoms. The zero-order valence-corrected chi connectivity index (χ0v) is 35.9. The summed E-state index contributed by atoms with van der Waals surface area (Å²) < 4.78 is 2.54. The van der Waals surface area contributed by atoms with Gasteiger partial charge in [-0.3, -0.25) is 4.98 Å². The second-order valence-corrected chi connectivity index (χ2v) is 19.1. The third kappa shape index (κ3) is 6.57. The maximum atomic E-state index is 5.63. The molecule has 2 aliphatic heterocycles. The molecular weight excluding hydrogens is 775 g/mol. The Hall–Kier alpha value is -5.98. The van der Waals surface area contributed by atoms with Gasteiger partial charge >= 0.3 is 0 Å². The summed E-state index contributed by atoms with van der Waals surface area (Å²) in [6, 6.07) is 32.9. The van der Waals surface area contributed by atoms with Crippen LogP contribution in [0.3, 0.4) is 0 Å². The third-order valence-electron chi connectivity index (χ3n) is 14.1. The number of para-hydroxylation sites is 2. The van der Waals surface area contributed by atoms with E-state index in [1.807, 2.05) is 0 Å². The largest absolute Gasteiger partial charge is 0.344 e. The van der Waals surface area contributed by atoms with Gasteiger partial charge in [0.2, 0.25) is 0 Å². The van der Waals surface area contributed by atoms with Gasteiger partial charge in [0.15, 0.2) is 5.84 Å². The summed E-state index contributed by atoms with van der Waals surface area (Å²) >= 11 is 2.12. The van der Waals surface area contributed by atoms with Crippen LogP contribution in [0.5, 0.6) is 0 Å². The van der Waals surface area contributed by atoms with E-state index >= 15 is 0 Å². The second kappa shape index (κ2) is 16.0. The van der Waals surface area contributed by atoms with Crippen LogP contribution in [-0.2, 0) is 0 Å². The molecule has 0 bridgehead atoms. The number of nitrogens with one attached hydrogen (secondary N) is 1. The first-order chi connectivity index (χ1) is 30.8. The van der Waals surface area contributed by atoms with Gasteiger partial charge < -0.3 is 9.88 Å². The minimum atomic E-state index is -0.358. The summed E-state index contributed by atoms with van der Waals surface area (Å²) in [6.45, 7) is 0. The predicted molar refractivity (Wildman–Crippen MR) is 259 cm³/mol. The molecule has 0 spiro atoms. The van der Waals surface area contributed by atoms with Crippen LogP contribution in [0, 0.1) is 17.8 Å². The van der Waals surface area contributed by atoms with E-state index in [0.717, 1.165) is 67.0 Å². The number of aliphatic imine (C=N–C) groups is 2. The van der Waals surface area contributed by atoms with Gasteiger partial charge in [-0.25, -0.2) is 9.98 Å². The van der Waals surface area contributed by atoms with Crippen molar-refractivity contribution in [2.45, 2.75) is 74.5 Å². The van der Waals surface area contributed by atoms with Crippen molar-refractivity contribution in [3.05, 3.63) is 197 Å². The quantitative estimate of drug-likeness (QED) is 0.178. The van der Waals surface area contributed by atoms with Crippen LogP contribution < -0.4 is 5.32 Å². The van der Waals surface area contributed by atoms with Gasteiger partial charge in [-0.2, -0.15) is 0 Å². The number of nitrogens with zero attached hydrogens (tertiary/aromatic N) is 4. The number of rotatable bonds is 7. The Balaban J connectivity index is 1.00. The van der Waals surface area contributed by atoms with Gasteiger partial charge in [-0.05, 0) is 110 Å². The standard InChI is InChI=1S/C56H51N5S/c1-5-18-36(19-6-1)41-26-13-14-27-42(41)39-34-47(56-59-54(37-20-7-2-8-21-37)58-55(60-56)38-22-9-3-10-23-38)51(57-35-39)45-29-17-31-49-50(45)46-33-32-44-43-28-15-16-30-48(43)61(52(44)53(46)62-49)40-24-11-4-12-25-40/h2,4-5,7-8,11-12,15-22,24-25,27-35,41,46,49-50,53,56H,1,3,6,9-10,13-14,23,26H2,(H,58,59,60). The number of hydrogen-bond donors (Lipinski definition) is 1. The van der Waals surface area contributed by atoms with E-state index in [1.54, 1.807) is 0 Å². The van der Waals surface area contributed by atoms with Crippen molar-refractivity contribution in [2.24, 2.45) is 27.7 Å². The first-order valence-corrected chi connectivity index (χ1v) is 23.9. The van der Waals surface area contributed by atoms with Crippen LogP contribution in [-0.4, -0.2) is 26.5 Å². The van der Waals surface area contributed by atoms with E-state index in [9.17, 15) is 0 Å². The normalized spacial score (nSPS) is 26.3. The number of fused-ring (bicyclic) bond motifs is 7. The van der Waals surface area contributed by atoms with Crippen LogP contribution in [0.4, 0.5) is 0 Å². The number of thioether (sulfide) groups is 1. The van der Waals surface area contributed by atoms with Crippen molar-refractivity contribution in [3.8, 4) is 5.69 Å². The molecule has 1 saturated heterocycles. The van der Waals surface area contributed by atoms with Crippen molar-refractivity contribution in [1.82, 2.24) is 14.9 Å². The summed E-state index contributed by atoms with van der Waals surface area (Å²) in [5.41, 5.74) is 15.2. The number of pyridine rings is 1. The highest BCUT2D eigenvalue weighted by Crippen LogP contribution is 2.62. The van der Waals surface area contributed by atoms with Crippen LogP contribution >= 0.6 is 11.8 Å². The molecule has 306 valence electrons. The Morgan fingerprint density at radius 2 is 1.61 bits per heavy atom. The summed E-state index contributed by atoms with van der Waals surface area (Å²) in [6.07, 6.45) is 36.2. The lowest BCUT2D eigenvalue weighted by molar-refractivity contribution is 0.509. The van der Waals surface area contributed by atoms with E-state index in [0.29, 0.717) is 11.2 Å². The molecule has 4 heterocycles. The maximum absolute atomic E-state index is 5.63. The molecule has 5 nitrogen and oxygen atoms in total. The van der Waals surface area contributed by atoms with Gasteiger partial charge in [-0.1, -0.05) is 127 Å². The smallest absolute Gasteiger partial charge is 0.159 e. The van der Waals surface area contributed by atoms with E-state index in [1.165, 1.54) is 75.0 Å². The molecule has 6 heteroatoms. The molecule has 0 radical (unpaired) electrons. The van der Waals surface area contributed by atoms with Gasteiger partial charge in [0, 0.05) is 62.7 Å². The van der Waals surface area contributed by atoms with Gasteiger partial charge in [0.05, 0.1) is 16.5 Å². The van der Waals surface area contributed by atoms with Crippen molar-refractivity contribution in [2.75, 3.05) is 0 Å². The van der Waals surface area contributed by atoms with Gasteiger partial charge in [0.25, 0.3) is 0 Å². The molecule has 7 aliphatic rings. The van der Waals surface area contributed by atoms with Crippen molar-refractivity contribution in [1.29, 1.82) is 0 Å². The zero-order chi connectivity index (χ0) is 41.0. The lowest BCUT2D eigenvalue weighted by atomic mass is 9.74. The van der Waals surface area contributed by atoms with Crippen LogP contribution in [0.2, 0.25) is 0 Å². The molecule has 5 aromatic rings. The highest BCUT2D eigenvalue weighted by Gasteiger charge is 2.49. The fourth-order valence-electron chi connectivity index (χ4n) is 11.3. The fraction of sp³-hybridized carbons (Fsp3) is 0.268. The summed E-state index contributed by atoms with van der Waals surface area (Å²) in [5, 5.41) is 5.84. The number of aromatic nitrogens is 2. The van der Waals surface area contributed by atoms with E-state index in [-0.39, 0.29) is 23.3 Å². The first-order valence-electron chi connectivity index (χ1n) is 22.9. The number of hydrogen-bond acceptors (Lipinski definition) is 5. The minimum Gasteiger partial charge on any atom is -0.344 e. The first kappa shape index (κ1) is 37.8. The molecule has 0 amide bonds. The fourth-order valence-corrected chi connectivity index (χ4v) is 13.1. The molecule has 1 fully saturated rings. The van der Waals surface area contributed by atoms with Gasteiger partial charge in [-0.15, -0.1) is 11.8 Å². The minimum absolute atomic E-state index is 0.244. The second-order valence-electron chi connectivity index (χ2n) is 17.8. The molecule has 6 atom stereocenters. The Labute approximate surface area is 369 Å². The van der Waals surface area contributed by atoms with Crippen molar-refractivity contribution in [3.63, 3.8) is 0 Å². The average Bonchev–Trinajstić information content (AvgIpc) is 3.91.